The van der Waals surface area contributed by atoms with Crippen molar-refractivity contribution in [2.24, 2.45) is 17.8 Å². The summed E-state index contributed by atoms with van der Waals surface area (Å²) >= 11 is 0. The number of rotatable bonds is 10. The van der Waals surface area contributed by atoms with Crippen molar-refractivity contribution >= 4 is 44.9 Å². The summed E-state index contributed by atoms with van der Waals surface area (Å²) in [5, 5.41) is 14.7. The molecule has 3 heterocycles. The number of amides is 4. The van der Waals surface area contributed by atoms with Crippen molar-refractivity contribution in [3.05, 3.63) is 36.0 Å². The zero-order valence-corrected chi connectivity index (χ0v) is 32.1. The Bertz CT molecular complexity index is 2050. The lowest BCUT2D eigenvalue weighted by Crippen LogP contribution is -2.60. The van der Waals surface area contributed by atoms with E-state index in [0.29, 0.717) is 12.8 Å². The van der Waals surface area contributed by atoms with Crippen LogP contribution in [0.1, 0.15) is 57.6 Å². The van der Waals surface area contributed by atoms with E-state index < -0.39 is 112 Å². The van der Waals surface area contributed by atoms with E-state index in [4.69, 9.17) is 14.2 Å². The van der Waals surface area contributed by atoms with Crippen molar-refractivity contribution in [3.63, 3.8) is 0 Å². The molecule has 2 saturated carbocycles. The van der Waals surface area contributed by atoms with E-state index in [1.54, 1.807) is 12.2 Å². The molecule has 312 valence electrons. The van der Waals surface area contributed by atoms with Crippen molar-refractivity contribution in [3.8, 4) is 11.6 Å². The van der Waals surface area contributed by atoms with Crippen LogP contribution in [0.2, 0.25) is 0 Å². The highest BCUT2D eigenvalue weighted by Crippen LogP contribution is 2.48. The standard InChI is InChI=1S/C36H44F4N6O10S/c1-19-6-4-5-7-21-15-35(21,32(49)45-57(52,53)34(18-37)10-11-34)44-29(47)26-14-23(16-46(26)31(48)27(43-33(50)51)20(12-19)17-54-2)56-30-28(36(38,39)40)41-24-9-8-22(55-3)13-25(24)42-30/h5,7-9,13,19-21,23,26-27,43H,4,6,10-12,14-18H2,1-3H3,(H,44,47)(H,45,49)(H,50,51)/t19-,20+,21-,23-,26+,27+,35-/m1/s1. The fourth-order valence-electron chi connectivity index (χ4n) is 7.65. The molecule has 2 aliphatic carbocycles. The summed E-state index contributed by atoms with van der Waals surface area (Å²) in [5.41, 5.74) is -3.47. The van der Waals surface area contributed by atoms with Gasteiger partial charge < -0.3 is 34.9 Å². The number of carbonyl (C=O) groups excluding carboxylic acids is 3. The van der Waals surface area contributed by atoms with Gasteiger partial charge in [-0.3, -0.25) is 19.1 Å². The van der Waals surface area contributed by atoms with E-state index in [9.17, 15) is 50.3 Å². The van der Waals surface area contributed by atoms with Gasteiger partial charge in [-0.1, -0.05) is 19.1 Å². The van der Waals surface area contributed by atoms with E-state index in [2.05, 4.69) is 20.6 Å². The van der Waals surface area contributed by atoms with Crippen LogP contribution >= 0.6 is 0 Å². The lowest BCUT2D eigenvalue weighted by Gasteiger charge is -2.33. The summed E-state index contributed by atoms with van der Waals surface area (Å²) in [6.07, 6.45) is -3.74. The van der Waals surface area contributed by atoms with Gasteiger partial charge in [-0.05, 0) is 56.6 Å². The van der Waals surface area contributed by atoms with Gasteiger partial charge in [0.1, 0.15) is 40.9 Å². The van der Waals surface area contributed by atoms with Gasteiger partial charge in [0, 0.05) is 31.4 Å². The average molecular weight is 829 g/mol. The quantitative estimate of drug-likeness (QED) is 0.201. The van der Waals surface area contributed by atoms with Crippen LogP contribution < -0.4 is 24.8 Å². The second-order valence-electron chi connectivity index (χ2n) is 15.2. The fourth-order valence-corrected chi connectivity index (χ4v) is 9.07. The molecule has 1 aromatic carbocycles. The monoisotopic (exact) mass is 828 g/mol. The Balaban J connectivity index is 1.39. The summed E-state index contributed by atoms with van der Waals surface area (Å²) in [7, 11) is -1.79. The molecule has 7 atom stereocenters. The molecule has 21 heteroatoms. The van der Waals surface area contributed by atoms with Gasteiger partial charge in [0.25, 0.3) is 5.91 Å². The topological polar surface area (TPSA) is 215 Å². The minimum Gasteiger partial charge on any atom is -0.497 e. The normalized spacial score (nSPS) is 28.9. The molecular weight excluding hydrogens is 784 g/mol. The van der Waals surface area contributed by atoms with Crippen LogP contribution in [0.4, 0.5) is 22.4 Å². The molecule has 1 aromatic heterocycles. The molecule has 2 aromatic rings. The number of hydrogen-bond donors (Lipinski definition) is 4. The van der Waals surface area contributed by atoms with Gasteiger partial charge in [-0.25, -0.2) is 27.6 Å². The summed E-state index contributed by atoms with van der Waals surface area (Å²) in [5.74, 6) is -5.28. The Morgan fingerprint density at radius 2 is 1.86 bits per heavy atom. The zero-order valence-electron chi connectivity index (χ0n) is 31.3. The van der Waals surface area contributed by atoms with Crippen molar-refractivity contribution in [1.82, 2.24) is 30.2 Å². The predicted molar refractivity (Wildman–Crippen MR) is 192 cm³/mol. The fraction of sp³-hybridized carbons (Fsp3) is 0.611. The molecule has 0 bridgehead atoms. The number of aromatic nitrogens is 2. The van der Waals surface area contributed by atoms with Crippen molar-refractivity contribution in [1.29, 1.82) is 0 Å². The number of nitrogens with one attached hydrogen (secondary N) is 3. The Labute approximate surface area is 325 Å². The van der Waals surface area contributed by atoms with Crippen LogP contribution in [0.5, 0.6) is 11.6 Å². The number of carbonyl (C=O) groups is 4. The number of ether oxygens (including phenoxy) is 3. The van der Waals surface area contributed by atoms with Gasteiger partial charge in [0.05, 0.1) is 31.3 Å². The van der Waals surface area contributed by atoms with Crippen molar-refractivity contribution in [2.75, 3.05) is 34.0 Å². The van der Waals surface area contributed by atoms with Crippen molar-refractivity contribution < 1.29 is 64.5 Å². The van der Waals surface area contributed by atoms with E-state index in [1.165, 1.54) is 32.4 Å². The Morgan fingerprint density at radius 1 is 1.12 bits per heavy atom. The number of halogens is 4. The number of hydrogen-bond acceptors (Lipinski definition) is 11. The number of allylic oxidation sites excluding steroid dienone is 1. The molecule has 3 fully saturated rings. The zero-order chi connectivity index (χ0) is 41.5. The SMILES string of the molecule is COC[C@@H]1C[C@H](C)CCC=C[C@@H]2C[C@@]2(C(=O)NS(=O)(=O)C2(CF)CC2)NC(=O)[C@@H]2C[C@@H](Oc3nc4cc(OC)ccc4nc3C(F)(F)F)CN2C(=O)[C@H]1NC(=O)O. The molecular formula is C36H44F4N6O10S. The maximum atomic E-state index is 14.5. The first-order valence-electron chi connectivity index (χ1n) is 18.4. The predicted octanol–water partition coefficient (Wildman–Crippen LogP) is 3.10. The van der Waals surface area contributed by atoms with Gasteiger partial charge in [0.2, 0.25) is 33.4 Å². The average Bonchev–Trinajstić information content (AvgIpc) is 4.05. The van der Waals surface area contributed by atoms with Gasteiger partial charge >= 0.3 is 12.3 Å². The Hall–Kier alpha value is -4.79. The molecule has 4 amide bonds. The third-order valence-electron chi connectivity index (χ3n) is 11.1. The Kier molecular flexibility index (Phi) is 11.6. The first-order valence-corrected chi connectivity index (χ1v) is 19.8. The maximum Gasteiger partial charge on any atom is 0.438 e. The summed E-state index contributed by atoms with van der Waals surface area (Å²) in [4.78, 5) is 63.6. The van der Waals surface area contributed by atoms with Gasteiger partial charge in [-0.2, -0.15) is 13.2 Å². The van der Waals surface area contributed by atoms with Crippen LogP contribution in [0, 0.1) is 17.8 Å². The summed E-state index contributed by atoms with van der Waals surface area (Å²) in [6.45, 7) is 0.0564. The number of sulfonamides is 1. The highest BCUT2D eigenvalue weighted by atomic mass is 32.2. The van der Waals surface area contributed by atoms with Gasteiger partial charge in [0.15, 0.2) is 0 Å². The number of nitrogens with zero attached hydrogens (tertiary/aromatic N) is 3. The van der Waals surface area contributed by atoms with E-state index in [-0.39, 0.29) is 55.0 Å². The molecule has 0 spiro atoms. The summed E-state index contributed by atoms with van der Waals surface area (Å²) in [6, 6.07) is 0.957. The van der Waals surface area contributed by atoms with Crippen LogP contribution in [0.15, 0.2) is 30.4 Å². The lowest BCUT2D eigenvalue weighted by molar-refractivity contribution is -0.143. The highest BCUT2D eigenvalue weighted by molar-refractivity contribution is 7.91. The maximum absolute atomic E-state index is 14.5. The second-order valence-corrected chi connectivity index (χ2v) is 17.3. The number of methoxy groups -OCH3 is 2. The molecule has 4 N–H and O–H groups in total. The van der Waals surface area contributed by atoms with Gasteiger partial charge in [-0.15, -0.1) is 0 Å². The number of benzene rings is 1. The highest BCUT2D eigenvalue weighted by Gasteiger charge is 2.64. The first kappa shape index (κ1) is 41.8. The molecule has 16 nitrogen and oxygen atoms in total. The molecule has 0 unspecified atom stereocenters. The largest absolute Gasteiger partial charge is 0.497 e. The third kappa shape index (κ3) is 8.58. The Morgan fingerprint density at radius 3 is 2.49 bits per heavy atom. The lowest BCUT2D eigenvalue weighted by atomic mass is 9.87. The van der Waals surface area contributed by atoms with Crippen molar-refractivity contribution in [2.45, 2.75) is 86.5 Å². The molecule has 0 radical (unpaired) electrons. The smallest absolute Gasteiger partial charge is 0.438 e. The summed E-state index contributed by atoms with van der Waals surface area (Å²) < 4.78 is 99.7. The number of carboxylic acid groups (broad SMARTS) is 1. The number of fused-ring (bicyclic) bond motifs is 3. The van der Waals surface area contributed by atoms with E-state index in [1.807, 2.05) is 11.6 Å². The van der Waals surface area contributed by atoms with Crippen LogP contribution in [-0.2, 0) is 35.3 Å². The van der Waals surface area contributed by atoms with Crippen LogP contribution in [-0.4, -0.2) is 115 Å². The molecule has 4 aliphatic rings. The van der Waals surface area contributed by atoms with Crippen LogP contribution in [0.25, 0.3) is 11.0 Å². The van der Waals surface area contributed by atoms with E-state index >= 15 is 0 Å². The van der Waals surface area contributed by atoms with E-state index in [0.717, 1.165) is 4.90 Å². The minimum atomic E-state index is -5.05. The third-order valence-corrected chi connectivity index (χ3v) is 13.3. The first-order chi connectivity index (χ1) is 26.9. The molecule has 6 rings (SSSR count). The molecule has 57 heavy (non-hydrogen) atoms. The molecule has 2 aliphatic heterocycles. The van der Waals surface area contributed by atoms with Crippen LogP contribution in [0.3, 0.4) is 0 Å². The number of alkyl halides is 4. The second kappa shape index (κ2) is 15.9. The minimum absolute atomic E-state index is 0.00564. The molecule has 1 saturated heterocycles.